The van der Waals surface area contributed by atoms with Gasteiger partial charge in [-0.1, -0.05) is 57.4 Å². The Labute approximate surface area is 116 Å². The highest BCUT2D eigenvalue weighted by atomic mass is 16.1. The zero-order valence-electron chi connectivity index (χ0n) is 12.1. The maximum absolute atomic E-state index is 12.8. The number of carbonyl (C=O) groups excluding carboxylic acids is 1. The molecule has 0 spiro atoms. The quantitative estimate of drug-likeness (QED) is 0.833. The van der Waals surface area contributed by atoms with E-state index in [1.165, 1.54) is 12.0 Å². The highest BCUT2D eigenvalue weighted by molar-refractivity contribution is 6.00. The molecule has 0 saturated heterocycles. The van der Waals surface area contributed by atoms with Gasteiger partial charge in [-0.2, -0.15) is 0 Å². The van der Waals surface area contributed by atoms with E-state index in [1.54, 1.807) is 0 Å². The van der Waals surface area contributed by atoms with Crippen molar-refractivity contribution in [3.8, 4) is 0 Å². The zero-order valence-corrected chi connectivity index (χ0v) is 12.1. The summed E-state index contributed by atoms with van der Waals surface area (Å²) in [5.41, 5.74) is 7.75. The maximum Gasteiger partial charge on any atom is 0.170 e. The molecule has 0 atom stereocenters. The number of benzene rings is 1. The molecule has 104 valence electrons. The average Bonchev–Trinajstić information content (AvgIpc) is 2.47. The summed E-state index contributed by atoms with van der Waals surface area (Å²) in [6, 6.07) is 8.10. The molecule has 0 aliphatic heterocycles. The summed E-state index contributed by atoms with van der Waals surface area (Å²) in [6.45, 7) is 4.82. The number of hydrogen-bond donors (Lipinski definition) is 1. The van der Waals surface area contributed by atoms with E-state index in [2.05, 4.69) is 26.0 Å². The Morgan fingerprint density at radius 2 is 1.74 bits per heavy atom. The molecule has 19 heavy (non-hydrogen) atoms. The number of rotatable bonds is 4. The molecule has 1 fully saturated rings. The average molecular weight is 259 g/mol. The molecular formula is C17H25NO. The standard InChI is InChI=1S/C17H25NO/c1-13(2)14-6-8-15(9-7-14)16(19)17(12-18)10-4-3-5-11-17/h6-9,13H,3-5,10-12,18H2,1-2H3. The predicted molar refractivity (Wildman–Crippen MR) is 79.4 cm³/mol. The molecule has 2 heteroatoms. The fourth-order valence-electron chi connectivity index (χ4n) is 3.08. The third kappa shape index (κ3) is 2.89. The summed E-state index contributed by atoms with van der Waals surface area (Å²) in [6.07, 6.45) is 5.41. The summed E-state index contributed by atoms with van der Waals surface area (Å²) < 4.78 is 0. The lowest BCUT2D eigenvalue weighted by Gasteiger charge is -2.34. The molecule has 1 aliphatic rings. The van der Waals surface area contributed by atoms with Gasteiger partial charge < -0.3 is 5.73 Å². The summed E-state index contributed by atoms with van der Waals surface area (Å²) in [5.74, 6) is 0.757. The first-order chi connectivity index (χ1) is 9.09. The van der Waals surface area contributed by atoms with Gasteiger partial charge in [0.05, 0.1) is 0 Å². The normalized spacial score (nSPS) is 18.5. The van der Waals surface area contributed by atoms with Crippen LogP contribution >= 0.6 is 0 Å². The molecule has 2 rings (SSSR count). The summed E-state index contributed by atoms with van der Waals surface area (Å²) in [7, 11) is 0. The lowest BCUT2D eigenvalue weighted by molar-refractivity contribution is 0.0729. The van der Waals surface area contributed by atoms with Crippen molar-refractivity contribution in [3.05, 3.63) is 35.4 Å². The SMILES string of the molecule is CC(C)c1ccc(C(=O)C2(CN)CCCCC2)cc1. The Hall–Kier alpha value is -1.15. The van der Waals surface area contributed by atoms with E-state index < -0.39 is 0 Å². The van der Waals surface area contributed by atoms with Crippen molar-refractivity contribution in [2.24, 2.45) is 11.1 Å². The first-order valence-corrected chi connectivity index (χ1v) is 7.44. The summed E-state index contributed by atoms with van der Waals surface area (Å²) in [5, 5.41) is 0. The second-order valence-electron chi connectivity index (χ2n) is 6.15. The smallest absolute Gasteiger partial charge is 0.170 e. The Balaban J connectivity index is 2.22. The molecule has 2 N–H and O–H groups in total. The van der Waals surface area contributed by atoms with Gasteiger partial charge in [-0.25, -0.2) is 0 Å². The van der Waals surface area contributed by atoms with Gasteiger partial charge in [-0.3, -0.25) is 4.79 Å². The third-order valence-electron chi connectivity index (χ3n) is 4.52. The largest absolute Gasteiger partial charge is 0.329 e. The molecule has 0 unspecified atom stereocenters. The van der Waals surface area contributed by atoms with Gasteiger partial charge in [0.2, 0.25) is 0 Å². The van der Waals surface area contributed by atoms with Crippen LogP contribution in [-0.2, 0) is 0 Å². The minimum atomic E-state index is -0.294. The summed E-state index contributed by atoms with van der Waals surface area (Å²) in [4.78, 5) is 12.8. The predicted octanol–water partition coefficient (Wildman–Crippen LogP) is 3.90. The second-order valence-corrected chi connectivity index (χ2v) is 6.15. The second kappa shape index (κ2) is 5.87. The van der Waals surface area contributed by atoms with Gasteiger partial charge in [-0.05, 0) is 24.3 Å². The van der Waals surface area contributed by atoms with Crippen LogP contribution in [0.3, 0.4) is 0 Å². The first-order valence-electron chi connectivity index (χ1n) is 7.44. The molecule has 2 nitrogen and oxygen atoms in total. The van der Waals surface area contributed by atoms with E-state index >= 15 is 0 Å². The Kier molecular flexibility index (Phi) is 4.41. The molecular weight excluding hydrogens is 234 g/mol. The molecule has 0 aromatic heterocycles. The Morgan fingerprint density at radius 1 is 1.16 bits per heavy atom. The number of nitrogens with two attached hydrogens (primary N) is 1. The van der Waals surface area contributed by atoms with Crippen LogP contribution in [0.1, 0.15) is 67.8 Å². The van der Waals surface area contributed by atoms with Crippen molar-refractivity contribution in [3.63, 3.8) is 0 Å². The Morgan fingerprint density at radius 3 is 2.21 bits per heavy atom. The lowest BCUT2D eigenvalue weighted by atomic mass is 9.69. The van der Waals surface area contributed by atoms with E-state index in [0.717, 1.165) is 31.2 Å². The van der Waals surface area contributed by atoms with E-state index in [1.807, 2.05) is 12.1 Å². The van der Waals surface area contributed by atoms with Crippen LogP contribution in [0.2, 0.25) is 0 Å². The van der Waals surface area contributed by atoms with Crippen molar-refractivity contribution in [2.75, 3.05) is 6.54 Å². The van der Waals surface area contributed by atoms with Crippen LogP contribution in [0.5, 0.6) is 0 Å². The fourth-order valence-corrected chi connectivity index (χ4v) is 3.08. The van der Waals surface area contributed by atoms with Crippen molar-refractivity contribution in [2.45, 2.75) is 51.9 Å². The Bertz CT molecular complexity index is 427. The minimum absolute atomic E-state index is 0.255. The third-order valence-corrected chi connectivity index (χ3v) is 4.52. The number of Topliss-reactive ketones (excluding diaryl/α,β-unsaturated/α-hetero) is 1. The number of carbonyl (C=O) groups is 1. The van der Waals surface area contributed by atoms with Gasteiger partial charge in [-0.15, -0.1) is 0 Å². The van der Waals surface area contributed by atoms with Crippen LogP contribution in [0.4, 0.5) is 0 Å². The van der Waals surface area contributed by atoms with E-state index in [9.17, 15) is 4.79 Å². The summed E-state index contributed by atoms with van der Waals surface area (Å²) >= 11 is 0. The van der Waals surface area contributed by atoms with Gasteiger partial charge in [0, 0.05) is 17.5 Å². The van der Waals surface area contributed by atoms with Crippen molar-refractivity contribution >= 4 is 5.78 Å². The highest BCUT2D eigenvalue weighted by Crippen LogP contribution is 2.38. The number of hydrogen-bond acceptors (Lipinski definition) is 2. The molecule has 1 aromatic carbocycles. The fraction of sp³-hybridized carbons (Fsp3) is 0.588. The van der Waals surface area contributed by atoms with Gasteiger partial charge in [0.15, 0.2) is 5.78 Å². The molecule has 1 aromatic rings. The first kappa shape index (κ1) is 14.3. The van der Waals surface area contributed by atoms with Crippen LogP contribution in [0.15, 0.2) is 24.3 Å². The highest BCUT2D eigenvalue weighted by Gasteiger charge is 2.38. The minimum Gasteiger partial charge on any atom is -0.329 e. The maximum atomic E-state index is 12.8. The van der Waals surface area contributed by atoms with Crippen molar-refractivity contribution in [1.29, 1.82) is 0 Å². The molecule has 0 heterocycles. The topological polar surface area (TPSA) is 43.1 Å². The van der Waals surface area contributed by atoms with E-state index in [-0.39, 0.29) is 11.2 Å². The molecule has 1 aliphatic carbocycles. The molecule has 0 amide bonds. The van der Waals surface area contributed by atoms with Crippen LogP contribution in [0, 0.1) is 5.41 Å². The lowest BCUT2D eigenvalue weighted by Crippen LogP contribution is -2.40. The number of ketones is 1. The van der Waals surface area contributed by atoms with Gasteiger partial charge in [0.1, 0.15) is 0 Å². The monoisotopic (exact) mass is 259 g/mol. The van der Waals surface area contributed by atoms with Crippen molar-refractivity contribution < 1.29 is 4.79 Å². The van der Waals surface area contributed by atoms with E-state index in [0.29, 0.717) is 12.5 Å². The molecule has 0 radical (unpaired) electrons. The molecule has 1 saturated carbocycles. The van der Waals surface area contributed by atoms with Gasteiger partial charge in [0.25, 0.3) is 0 Å². The van der Waals surface area contributed by atoms with Crippen LogP contribution in [-0.4, -0.2) is 12.3 Å². The van der Waals surface area contributed by atoms with Crippen LogP contribution in [0.25, 0.3) is 0 Å². The van der Waals surface area contributed by atoms with Crippen molar-refractivity contribution in [1.82, 2.24) is 0 Å². The van der Waals surface area contributed by atoms with E-state index in [4.69, 9.17) is 5.73 Å². The van der Waals surface area contributed by atoms with Gasteiger partial charge >= 0.3 is 0 Å². The zero-order chi connectivity index (χ0) is 13.9. The molecule has 0 bridgehead atoms. The van der Waals surface area contributed by atoms with Crippen LogP contribution < -0.4 is 5.73 Å².